The molecule has 0 aromatic rings. The first-order chi connectivity index (χ1) is 12.1. The third kappa shape index (κ3) is 14.9. The molecular weight excluding hydrogens is 326 g/mol. The van der Waals surface area contributed by atoms with Gasteiger partial charge in [0.1, 0.15) is 0 Å². The maximum absolute atomic E-state index is 5.92. The summed E-state index contributed by atoms with van der Waals surface area (Å²) in [4.78, 5) is 7.84. The van der Waals surface area contributed by atoms with Crippen LogP contribution in [0.5, 0.6) is 0 Å². The van der Waals surface area contributed by atoms with E-state index in [4.69, 9.17) is 4.43 Å². The van der Waals surface area contributed by atoms with Crippen molar-refractivity contribution >= 4 is 9.76 Å². The van der Waals surface area contributed by atoms with Crippen LogP contribution in [0.2, 0.25) is 0 Å². The van der Waals surface area contributed by atoms with Crippen LogP contribution in [0.25, 0.3) is 0 Å². The molecule has 0 saturated heterocycles. The molecule has 0 unspecified atom stereocenters. The van der Waals surface area contributed by atoms with Crippen molar-refractivity contribution in [1.29, 1.82) is 0 Å². The standard InChI is InChI=1S/C20H47N3OSi/c1-7-13-21(9-3)15-11-17-23(19-25-24-20(5)6)18-12-16-22(10-4)14-8-2/h20H,7-19,25H2,1-6H3. The zero-order chi connectivity index (χ0) is 18.9. The minimum Gasteiger partial charge on any atom is -0.420 e. The number of hydrogen-bond donors (Lipinski definition) is 0. The zero-order valence-corrected chi connectivity index (χ0v) is 19.6. The quantitative estimate of drug-likeness (QED) is 0.344. The molecule has 0 aromatic carbocycles. The highest BCUT2D eigenvalue weighted by Gasteiger charge is 2.09. The van der Waals surface area contributed by atoms with E-state index in [1.807, 2.05) is 0 Å². The molecule has 152 valence electrons. The number of hydrogen-bond acceptors (Lipinski definition) is 4. The van der Waals surface area contributed by atoms with E-state index < -0.39 is 9.76 Å². The smallest absolute Gasteiger partial charge is 0.175 e. The second-order valence-electron chi connectivity index (χ2n) is 7.34. The van der Waals surface area contributed by atoms with E-state index in [9.17, 15) is 0 Å². The topological polar surface area (TPSA) is 19.0 Å². The van der Waals surface area contributed by atoms with Gasteiger partial charge in [-0.2, -0.15) is 0 Å². The van der Waals surface area contributed by atoms with E-state index in [1.54, 1.807) is 0 Å². The Morgan fingerprint density at radius 3 is 1.48 bits per heavy atom. The van der Waals surface area contributed by atoms with Gasteiger partial charge in [-0.1, -0.05) is 27.7 Å². The van der Waals surface area contributed by atoms with Crippen LogP contribution in [0.15, 0.2) is 0 Å². The molecule has 4 nitrogen and oxygen atoms in total. The van der Waals surface area contributed by atoms with Gasteiger partial charge in [-0.3, -0.25) is 0 Å². The first-order valence-electron chi connectivity index (χ1n) is 10.9. The fourth-order valence-electron chi connectivity index (χ4n) is 3.28. The summed E-state index contributed by atoms with van der Waals surface area (Å²) in [5.74, 6) is 0. The Morgan fingerprint density at radius 2 is 1.12 bits per heavy atom. The van der Waals surface area contributed by atoms with Gasteiger partial charge in [0.15, 0.2) is 9.76 Å². The Labute approximate surface area is 161 Å². The van der Waals surface area contributed by atoms with Gasteiger partial charge in [0, 0.05) is 12.3 Å². The van der Waals surface area contributed by atoms with Crippen LogP contribution in [0.4, 0.5) is 0 Å². The fourth-order valence-corrected chi connectivity index (χ4v) is 4.56. The molecule has 0 saturated carbocycles. The maximum Gasteiger partial charge on any atom is 0.175 e. The van der Waals surface area contributed by atoms with Crippen LogP contribution in [0, 0.1) is 0 Å². The highest BCUT2D eigenvalue weighted by Crippen LogP contribution is 2.01. The normalized spacial score (nSPS) is 12.7. The predicted octanol–water partition coefficient (Wildman–Crippen LogP) is 3.00. The van der Waals surface area contributed by atoms with Crippen molar-refractivity contribution in [1.82, 2.24) is 14.7 Å². The minimum absolute atomic E-state index is 0.397. The van der Waals surface area contributed by atoms with Crippen molar-refractivity contribution in [2.75, 3.05) is 58.5 Å². The van der Waals surface area contributed by atoms with Gasteiger partial charge in [-0.25, -0.2) is 0 Å². The molecule has 0 bridgehead atoms. The van der Waals surface area contributed by atoms with Crippen molar-refractivity contribution in [2.45, 2.75) is 73.3 Å². The molecule has 0 atom stereocenters. The lowest BCUT2D eigenvalue weighted by Crippen LogP contribution is -2.36. The van der Waals surface area contributed by atoms with E-state index in [0.29, 0.717) is 6.10 Å². The number of rotatable bonds is 18. The second kappa shape index (κ2) is 17.5. The lowest BCUT2D eigenvalue weighted by Gasteiger charge is -2.26. The highest BCUT2D eigenvalue weighted by atomic mass is 28.2. The lowest BCUT2D eigenvalue weighted by atomic mass is 10.3. The predicted molar refractivity (Wildman–Crippen MR) is 115 cm³/mol. The molecule has 0 N–H and O–H groups in total. The van der Waals surface area contributed by atoms with Crippen molar-refractivity contribution in [3.05, 3.63) is 0 Å². The second-order valence-corrected chi connectivity index (χ2v) is 8.53. The molecular formula is C20H47N3OSi. The average molecular weight is 374 g/mol. The summed E-state index contributed by atoms with van der Waals surface area (Å²) in [6.45, 7) is 23.2. The maximum atomic E-state index is 5.92. The Balaban J connectivity index is 4.20. The summed E-state index contributed by atoms with van der Waals surface area (Å²) in [7, 11) is -0.409. The molecule has 0 amide bonds. The molecule has 0 aliphatic heterocycles. The third-order valence-electron chi connectivity index (χ3n) is 4.73. The van der Waals surface area contributed by atoms with Crippen LogP contribution in [-0.2, 0) is 4.43 Å². The van der Waals surface area contributed by atoms with Crippen molar-refractivity contribution < 1.29 is 4.43 Å². The Bertz CT molecular complexity index is 260. The van der Waals surface area contributed by atoms with Gasteiger partial charge in [0.25, 0.3) is 0 Å². The SMILES string of the molecule is CCCN(CC)CCCN(CCCN(CC)CCC)C[SiH2]OC(C)C. The first kappa shape index (κ1) is 25.1. The van der Waals surface area contributed by atoms with Crippen molar-refractivity contribution in [2.24, 2.45) is 0 Å². The molecule has 0 spiro atoms. The Hall–Kier alpha value is 0.0569. The van der Waals surface area contributed by atoms with Crippen molar-refractivity contribution in [3.8, 4) is 0 Å². The van der Waals surface area contributed by atoms with Crippen LogP contribution in [0.3, 0.4) is 0 Å². The van der Waals surface area contributed by atoms with Gasteiger partial charge >= 0.3 is 0 Å². The average Bonchev–Trinajstić information content (AvgIpc) is 2.59. The van der Waals surface area contributed by atoms with E-state index in [0.717, 1.165) is 0 Å². The summed E-state index contributed by atoms with van der Waals surface area (Å²) in [6, 6.07) is 0. The van der Waals surface area contributed by atoms with Crippen LogP contribution < -0.4 is 0 Å². The van der Waals surface area contributed by atoms with E-state index in [1.165, 1.54) is 84.2 Å². The van der Waals surface area contributed by atoms with Gasteiger partial charge in [0.2, 0.25) is 0 Å². The van der Waals surface area contributed by atoms with E-state index in [2.05, 4.69) is 56.2 Å². The van der Waals surface area contributed by atoms with Crippen molar-refractivity contribution in [3.63, 3.8) is 0 Å². The van der Waals surface area contributed by atoms with Crippen LogP contribution in [-0.4, -0.2) is 89.1 Å². The minimum atomic E-state index is -0.409. The Kier molecular flexibility index (Phi) is 17.5. The molecule has 0 aliphatic carbocycles. The Morgan fingerprint density at radius 1 is 0.680 bits per heavy atom. The molecule has 0 radical (unpaired) electrons. The molecule has 5 heteroatoms. The highest BCUT2D eigenvalue weighted by molar-refractivity contribution is 6.27. The summed E-state index contributed by atoms with van der Waals surface area (Å²) in [5.41, 5.74) is 0. The van der Waals surface area contributed by atoms with Crippen LogP contribution >= 0.6 is 0 Å². The molecule has 0 rings (SSSR count). The van der Waals surface area contributed by atoms with E-state index >= 15 is 0 Å². The monoisotopic (exact) mass is 373 g/mol. The van der Waals surface area contributed by atoms with Gasteiger partial charge in [0.05, 0.1) is 0 Å². The van der Waals surface area contributed by atoms with Gasteiger partial charge in [-0.15, -0.1) is 0 Å². The summed E-state index contributed by atoms with van der Waals surface area (Å²) in [5, 5.41) is 0. The van der Waals surface area contributed by atoms with Gasteiger partial charge < -0.3 is 19.1 Å². The fraction of sp³-hybridized carbons (Fsp3) is 1.00. The molecule has 0 heterocycles. The molecule has 0 fully saturated rings. The zero-order valence-electron chi connectivity index (χ0n) is 18.2. The van der Waals surface area contributed by atoms with E-state index in [-0.39, 0.29) is 0 Å². The molecule has 25 heavy (non-hydrogen) atoms. The molecule has 0 aromatic heterocycles. The van der Waals surface area contributed by atoms with Crippen LogP contribution in [0.1, 0.15) is 67.2 Å². The molecule has 0 aliphatic rings. The summed E-state index contributed by atoms with van der Waals surface area (Å²) < 4.78 is 5.92. The third-order valence-corrected chi connectivity index (χ3v) is 6.45. The number of nitrogens with zero attached hydrogens (tertiary/aromatic N) is 3. The lowest BCUT2D eigenvalue weighted by molar-refractivity contribution is 0.212. The largest absolute Gasteiger partial charge is 0.420 e. The summed E-state index contributed by atoms with van der Waals surface area (Å²) in [6.07, 6.45) is 6.70. The van der Waals surface area contributed by atoms with Gasteiger partial charge in [-0.05, 0) is 91.9 Å². The summed E-state index contributed by atoms with van der Waals surface area (Å²) >= 11 is 0. The first-order valence-corrected chi connectivity index (χ1v) is 12.4.